The molecule has 3 rings (SSSR count). The number of hydrogen-bond acceptors (Lipinski definition) is 6. The quantitative estimate of drug-likeness (QED) is 0.752. The fraction of sp³-hybridized carbons (Fsp3) is 0.611. The number of hydrogen-bond donors (Lipinski definition) is 1. The normalized spacial score (nSPS) is 16.2. The van der Waals surface area contributed by atoms with Crippen LogP contribution in [-0.4, -0.2) is 43.4 Å². The molecule has 9 nitrogen and oxygen atoms in total. The summed E-state index contributed by atoms with van der Waals surface area (Å²) >= 11 is 0. The Bertz CT molecular complexity index is 881. The van der Waals surface area contributed by atoms with E-state index < -0.39 is 12.1 Å². The first-order chi connectivity index (χ1) is 13.0. The van der Waals surface area contributed by atoms with Gasteiger partial charge in [-0.1, -0.05) is 19.3 Å². The van der Waals surface area contributed by atoms with Gasteiger partial charge >= 0.3 is 5.97 Å². The summed E-state index contributed by atoms with van der Waals surface area (Å²) in [4.78, 5) is 40.7. The monoisotopic (exact) mass is 375 g/mol. The lowest BCUT2D eigenvalue weighted by Gasteiger charge is -2.24. The predicted molar refractivity (Wildman–Crippen MR) is 98.0 cm³/mol. The number of nitrogens with one attached hydrogen (secondary N) is 1. The summed E-state index contributed by atoms with van der Waals surface area (Å²) in [7, 11) is 1.70. The maximum Gasteiger partial charge on any atom is 0.308 e. The van der Waals surface area contributed by atoms with Gasteiger partial charge in [0, 0.05) is 19.6 Å². The van der Waals surface area contributed by atoms with Gasteiger partial charge in [-0.2, -0.15) is 5.10 Å². The fourth-order valence-corrected chi connectivity index (χ4v) is 3.31. The van der Waals surface area contributed by atoms with Gasteiger partial charge < -0.3 is 10.1 Å². The van der Waals surface area contributed by atoms with Crippen LogP contribution < -0.4 is 10.9 Å². The van der Waals surface area contributed by atoms with Crippen LogP contribution in [0.1, 0.15) is 45.4 Å². The van der Waals surface area contributed by atoms with Gasteiger partial charge in [-0.15, -0.1) is 0 Å². The smallest absolute Gasteiger partial charge is 0.308 e. The van der Waals surface area contributed by atoms with Crippen molar-refractivity contribution in [2.75, 3.05) is 0 Å². The summed E-state index contributed by atoms with van der Waals surface area (Å²) in [5, 5.41) is 7.34. The minimum Gasteiger partial charge on any atom is -0.452 e. The van der Waals surface area contributed by atoms with Crippen LogP contribution in [-0.2, 0) is 27.9 Å². The van der Waals surface area contributed by atoms with Gasteiger partial charge in [0.1, 0.15) is 5.39 Å². The minimum atomic E-state index is -0.852. The van der Waals surface area contributed by atoms with E-state index in [1.807, 2.05) is 0 Å². The molecular weight excluding hydrogens is 350 g/mol. The van der Waals surface area contributed by atoms with Crippen LogP contribution in [0.3, 0.4) is 0 Å². The predicted octanol–water partition coefficient (Wildman–Crippen LogP) is 0.901. The third kappa shape index (κ3) is 4.53. The topological polar surface area (TPSA) is 108 Å². The van der Waals surface area contributed by atoms with Crippen molar-refractivity contribution in [3.05, 3.63) is 22.9 Å². The van der Waals surface area contributed by atoms with Crippen molar-refractivity contribution >= 4 is 22.9 Å². The number of fused-ring (bicyclic) bond motifs is 1. The Morgan fingerprint density at radius 2 is 2.07 bits per heavy atom. The molecule has 1 unspecified atom stereocenters. The molecule has 27 heavy (non-hydrogen) atoms. The van der Waals surface area contributed by atoms with Crippen molar-refractivity contribution in [2.45, 2.75) is 64.1 Å². The van der Waals surface area contributed by atoms with Crippen molar-refractivity contribution in [1.82, 2.24) is 24.6 Å². The molecule has 1 saturated carbocycles. The number of aromatic nitrogens is 4. The molecule has 0 saturated heterocycles. The number of carbonyl (C=O) groups is 2. The second kappa shape index (κ2) is 8.32. The maximum absolute atomic E-state index is 12.4. The first-order valence-corrected chi connectivity index (χ1v) is 9.32. The van der Waals surface area contributed by atoms with E-state index in [2.05, 4.69) is 15.4 Å². The molecule has 0 bridgehead atoms. The summed E-state index contributed by atoms with van der Waals surface area (Å²) in [6.45, 7) is 1.69. The molecule has 2 aromatic heterocycles. The van der Waals surface area contributed by atoms with Crippen molar-refractivity contribution in [3.63, 3.8) is 0 Å². The number of amides is 1. The van der Waals surface area contributed by atoms with Crippen molar-refractivity contribution in [3.8, 4) is 0 Å². The summed E-state index contributed by atoms with van der Waals surface area (Å²) in [6, 6.07) is 0.170. The van der Waals surface area contributed by atoms with Crippen LogP contribution in [0.25, 0.3) is 11.0 Å². The highest BCUT2D eigenvalue weighted by molar-refractivity contribution is 5.83. The average Bonchev–Trinajstić information content (AvgIpc) is 3.03. The van der Waals surface area contributed by atoms with Gasteiger partial charge in [0.2, 0.25) is 0 Å². The van der Waals surface area contributed by atoms with Crippen LogP contribution in [0.5, 0.6) is 0 Å². The lowest BCUT2D eigenvalue weighted by molar-refractivity contribution is -0.155. The summed E-state index contributed by atoms with van der Waals surface area (Å²) in [6.07, 6.45) is 7.35. The second-order valence-corrected chi connectivity index (χ2v) is 6.97. The molecule has 1 aliphatic rings. The van der Waals surface area contributed by atoms with E-state index in [-0.39, 0.29) is 30.5 Å². The van der Waals surface area contributed by atoms with Gasteiger partial charge in [-0.25, -0.2) is 4.98 Å². The Labute approximate surface area is 156 Å². The summed E-state index contributed by atoms with van der Waals surface area (Å²) in [5.41, 5.74) is 0.232. The van der Waals surface area contributed by atoms with Gasteiger partial charge in [-0.05, 0) is 19.8 Å². The zero-order chi connectivity index (χ0) is 19.4. The van der Waals surface area contributed by atoms with Crippen molar-refractivity contribution < 1.29 is 14.3 Å². The fourth-order valence-electron chi connectivity index (χ4n) is 3.31. The standard InChI is InChI=1S/C18H25N5O4/c1-12(17(25)21-13-6-4-3-5-7-13)27-15(24)8-9-23-11-19-16-14(18(23)26)10-20-22(16)2/h10-13H,3-9H2,1-2H3,(H,21,25). The molecule has 1 aliphatic carbocycles. The van der Waals surface area contributed by atoms with Crippen LogP contribution in [0.2, 0.25) is 0 Å². The van der Waals surface area contributed by atoms with Crippen LogP contribution in [0, 0.1) is 0 Å². The highest BCUT2D eigenvalue weighted by Crippen LogP contribution is 2.17. The Kier molecular flexibility index (Phi) is 5.88. The first kappa shape index (κ1) is 19.1. The van der Waals surface area contributed by atoms with Crippen molar-refractivity contribution in [1.29, 1.82) is 0 Å². The molecule has 1 amide bonds. The van der Waals surface area contributed by atoms with Crippen LogP contribution in [0.4, 0.5) is 0 Å². The zero-order valence-electron chi connectivity index (χ0n) is 15.7. The molecule has 2 heterocycles. The Morgan fingerprint density at radius 1 is 1.33 bits per heavy atom. The summed E-state index contributed by atoms with van der Waals surface area (Å²) < 4.78 is 8.06. The molecule has 1 fully saturated rings. The number of carbonyl (C=O) groups excluding carboxylic acids is 2. The molecule has 0 radical (unpaired) electrons. The number of nitrogens with zero attached hydrogens (tertiary/aromatic N) is 4. The Hall–Kier alpha value is -2.71. The molecule has 1 N–H and O–H groups in total. The first-order valence-electron chi connectivity index (χ1n) is 9.32. The molecule has 0 aromatic carbocycles. The number of ether oxygens (including phenoxy) is 1. The highest BCUT2D eigenvalue weighted by atomic mass is 16.5. The van der Waals surface area contributed by atoms with E-state index in [4.69, 9.17) is 4.74 Å². The molecule has 0 spiro atoms. The third-order valence-corrected chi connectivity index (χ3v) is 4.90. The molecule has 9 heteroatoms. The molecule has 1 atom stereocenters. The Balaban J connectivity index is 1.51. The van der Waals surface area contributed by atoms with Crippen molar-refractivity contribution in [2.24, 2.45) is 7.05 Å². The SMILES string of the molecule is CC(OC(=O)CCn1cnc2c(cnn2C)c1=O)C(=O)NC1CCCCC1. The van der Waals surface area contributed by atoms with E-state index in [1.165, 1.54) is 28.2 Å². The van der Waals surface area contributed by atoms with E-state index in [1.54, 1.807) is 14.0 Å². The molecule has 2 aromatic rings. The Morgan fingerprint density at radius 3 is 2.81 bits per heavy atom. The van der Waals surface area contributed by atoms with E-state index in [9.17, 15) is 14.4 Å². The van der Waals surface area contributed by atoms with Crippen LogP contribution >= 0.6 is 0 Å². The van der Waals surface area contributed by atoms with E-state index in [0.29, 0.717) is 11.0 Å². The number of rotatable bonds is 6. The summed E-state index contributed by atoms with van der Waals surface area (Å²) in [5.74, 6) is -0.801. The number of aryl methyl sites for hydroxylation is 2. The maximum atomic E-state index is 12.4. The third-order valence-electron chi connectivity index (χ3n) is 4.90. The minimum absolute atomic E-state index is 0.0194. The zero-order valence-corrected chi connectivity index (χ0v) is 15.7. The largest absolute Gasteiger partial charge is 0.452 e. The van der Waals surface area contributed by atoms with Crippen LogP contribution in [0.15, 0.2) is 17.3 Å². The van der Waals surface area contributed by atoms with Gasteiger partial charge in [0.15, 0.2) is 11.8 Å². The van der Waals surface area contributed by atoms with Gasteiger partial charge in [0.05, 0.1) is 18.9 Å². The second-order valence-electron chi connectivity index (χ2n) is 6.97. The lowest BCUT2D eigenvalue weighted by Crippen LogP contribution is -2.42. The molecule has 0 aliphatic heterocycles. The van der Waals surface area contributed by atoms with E-state index in [0.717, 1.165) is 25.7 Å². The average molecular weight is 375 g/mol. The molecular formula is C18H25N5O4. The van der Waals surface area contributed by atoms with Gasteiger partial charge in [0.25, 0.3) is 11.5 Å². The lowest BCUT2D eigenvalue weighted by atomic mass is 9.95. The number of esters is 1. The molecule has 146 valence electrons. The van der Waals surface area contributed by atoms with Gasteiger partial charge in [-0.3, -0.25) is 23.6 Å². The highest BCUT2D eigenvalue weighted by Gasteiger charge is 2.22. The van der Waals surface area contributed by atoms with E-state index >= 15 is 0 Å².